The standard InChI is InChI=1S/C16H25N3O5S2/c1-18(2)26(23,24)15-8-6-13(7-9-15)11-17-16(20)14-5-4-10-19(12-14)25(3,21)22/h6-9,14H,4-5,10-12H2,1-3H3,(H,17,20)/t14-/m1/s1. The molecule has 1 amide bonds. The van der Waals surface area contributed by atoms with Gasteiger partial charge in [0.25, 0.3) is 0 Å². The van der Waals surface area contributed by atoms with Crippen LogP contribution in [0.15, 0.2) is 29.2 Å². The fourth-order valence-electron chi connectivity index (χ4n) is 2.78. The van der Waals surface area contributed by atoms with Gasteiger partial charge in [-0.2, -0.15) is 0 Å². The molecule has 0 unspecified atom stereocenters. The third-order valence-electron chi connectivity index (χ3n) is 4.39. The maximum Gasteiger partial charge on any atom is 0.242 e. The zero-order valence-corrected chi connectivity index (χ0v) is 16.8. The number of nitrogens with one attached hydrogen (secondary N) is 1. The lowest BCUT2D eigenvalue weighted by molar-refractivity contribution is -0.126. The topological polar surface area (TPSA) is 104 Å². The molecule has 146 valence electrons. The number of nitrogens with zero attached hydrogens (tertiary/aromatic N) is 2. The van der Waals surface area contributed by atoms with Crippen molar-refractivity contribution in [3.05, 3.63) is 29.8 Å². The van der Waals surface area contributed by atoms with E-state index in [1.807, 2.05) is 0 Å². The van der Waals surface area contributed by atoms with E-state index in [2.05, 4.69) is 5.32 Å². The van der Waals surface area contributed by atoms with Crippen molar-refractivity contribution in [2.75, 3.05) is 33.4 Å². The third-order valence-corrected chi connectivity index (χ3v) is 7.49. The molecule has 1 saturated heterocycles. The summed E-state index contributed by atoms with van der Waals surface area (Å²) in [4.78, 5) is 12.5. The van der Waals surface area contributed by atoms with Gasteiger partial charge in [-0.15, -0.1) is 0 Å². The first-order valence-electron chi connectivity index (χ1n) is 8.26. The summed E-state index contributed by atoms with van der Waals surface area (Å²) in [5, 5.41) is 2.80. The highest BCUT2D eigenvalue weighted by Gasteiger charge is 2.30. The highest BCUT2D eigenvalue weighted by atomic mass is 32.2. The van der Waals surface area contributed by atoms with Crippen molar-refractivity contribution >= 4 is 26.0 Å². The van der Waals surface area contributed by atoms with Crippen LogP contribution >= 0.6 is 0 Å². The second kappa shape index (κ2) is 8.03. The summed E-state index contributed by atoms with van der Waals surface area (Å²) in [5.74, 6) is -0.560. The summed E-state index contributed by atoms with van der Waals surface area (Å²) in [6, 6.07) is 6.31. The third kappa shape index (κ3) is 5.03. The highest BCUT2D eigenvalue weighted by molar-refractivity contribution is 7.89. The molecule has 1 atom stereocenters. The van der Waals surface area contributed by atoms with Crippen molar-refractivity contribution in [2.45, 2.75) is 24.3 Å². The van der Waals surface area contributed by atoms with Crippen LogP contribution in [0.5, 0.6) is 0 Å². The Morgan fingerprint density at radius 1 is 1.19 bits per heavy atom. The maximum absolute atomic E-state index is 12.3. The Balaban J connectivity index is 1.95. The first-order chi connectivity index (χ1) is 12.0. The van der Waals surface area contributed by atoms with Gasteiger partial charge in [0.2, 0.25) is 26.0 Å². The first kappa shape index (κ1) is 20.8. The summed E-state index contributed by atoms with van der Waals surface area (Å²) in [7, 11) is -3.84. The Bertz CT molecular complexity index is 848. The molecular formula is C16H25N3O5S2. The van der Waals surface area contributed by atoms with Gasteiger partial charge >= 0.3 is 0 Å². The van der Waals surface area contributed by atoms with Crippen molar-refractivity contribution < 1.29 is 21.6 Å². The summed E-state index contributed by atoms with van der Waals surface area (Å²) in [5.41, 5.74) is 0.770. The molecule has 1 aromatic rings. The average molecular weight is 404 g/mol. The van der Waals surface area contributed by atoms with E-state index in [1.165, 1.54) is 30.5 Å². The van der Waals surface area contributed by atoms with Crippen LogP contribution in [0, 0.1) is 5.92 Å². The molecule has 1 aromatic carbocycles. The first-order valence-corrected chi connectivity index (χ1v) is 11.5. The molecule has 0 spiro atoms. The molecule has 1 aliphatic heterocycles. The van der Waals surface area contributed by atoms with Crippen molar-refractivity contribution in [2.24, 2.45) is 5.92 Å². The van der Waals surface area contributed by atoms with Gasteiger partial charge in [0.1, 0.15) is 0 Å². The monoisotopic (exact) mass is 403 g/mol. The molecule has 0 aliphatic carbocycles. The van der Waals surface area contributed by atoms with Crippen molar-refractivity contribution in [3.63, 3.8) is 0 Å². The number of carbonyl (C=O) groups excluding carboxylic acids is 1. The smallest absolute Gasteiger partial charge is 0.242 e. The van der Waals surface area contributed by atoms with Crippen LogP contribution < -0.4 is 5.32 Å². The summed E-state index contributed by atoms with van der Waals surface area (Å²) < 4.78 is 49.8. The predicted molar refractivity (Wildman–Crippen MR) is 98.3 cm³/mol. The van der Waals surface area contributed by atoms with Crippen molar-refractivity contribution in [1.29, 1.82) is 0 Å². The minimum atomic E-state index is -3.48. The number of piperidine rings is 1. The molecule has 8 nitrogen and oxygen atoms in total. The average Bonchev–Trinajstić information content (AvgIpc) is 2.59. The van der Waals surface area contributed by atoms with Crippen LogP contribution in [-0.4, -0.2) is 64.8 Å². The minimum Gasteiger partial charge on any atom is -0.352 e. The molecule has 26 heavy (non-hydrogen) atoms. The minimum absolute atomic E-state index is 0.189. The normalized spacial score (nSPS) is 19.5. The van der Waals surface area contributed by atoms with Gasteiger partial charge in [-0.05, 0) is 30.5 Å². The molecule has 0 saturated carbocycles. The summed E-state index contributed by atoms with van der Waals surface area (Å²) in [6.07, 6.45) is 2.46. The number of amides is 1. The molecule has 0 radical (unpaired) electrons. The number of benzene rings is 1. The largest absolute Gasteiger partial charge is 0.352 e. The fraction of sp³-hybridized carbons (Fsp3) is 0.562. The number of hydrogen-bond acceptors (Lipinski definition) is 5. The van der Waals surface area contributed by atoms with E-state index in [9.17, 15) is 21.6 Å². The van der Waals surface area contributed by atoms with Crippen molar-refractivity contribution in [1.82, 2.24) is 13.9 Å². The van der Waals surface area contributed by atoms with E-state index in [-0.39, 0.29) is 29.8 Å². The summed E-state index contributed by atoms with van der Waals surface area (Å²) >= 11 is 0. The molecule has 1 N–H and O–H groups in total. The Hall–Kier alpha value is -1.49. The molecule has 1 heterocycles. The Morgan fingerprint density at radius 2 is 1.81 bits per heavy atom. The molecule has 1 aliphatic rings. The molecule has 0 aromatic heterocycles. The summed E-state index contributed by atoms with van der Waals surface area (Å²) in [6.45, 7) is 0.908. The number of hydrogen-bond donors (Lipinski definition) is 1. The van der Waals surface area contributed by atoms with E-state index < -0.39 is 20.0 Å². The van der Waals surface area contributed by atoms with Crippen molar-refractivity contribution in [3.8, 4) is 0 Å². The van der Waals surface area contributed by atoms with Crippen LogP contribution in [-0.2, 0) is 31.4 Å². The van der Waals surface area contributed by atoms with E-state index in [0.29, 0.717) is 19.4 Å². The Kier molecular flexibility index (Phi) is 6.43. The van der Waals surface area contributed by atoms with Gasteiger partial charge < -0.3 is 5.32 Å². The molecule has 10 heteroatoms. The van der Waals surface area contributed by atoms with Gasteiger partial charge in [-0.3, -0.25) is 4.79 Å². The number of sulfonamides is 2. The Labute approximate surface area is 155 Å². The number of carbonyl (C=O) groups is 1. The van der Waals surface area contributed by atoms with Gasteiger partial charge in [-0.1, -0.05) is 12.1 Å². The van der Waals surface area contributed by atoms with Gasteiger partial charge in [0.15, 0.2) is 0 Å². The van der Waals surface area contributed by atoms with Crippen LogP contribution in [0.3, 0.4) is 0 Å². The van der Waals surface area contributed by atoms with E-state index in [4.69, 9.17) is 0 Å². The Morgan fingerprint density at radius 3 is 2.35 bits per heavy atom. The van der Waals surface area contributed by atoms with Gasteiger partial charge in [-0.25, -0.2) is 25.4 Å². The van der Waals surface area contributed by atoms with Gasteiger partial charge in [0.05, 0.1) is 17.1 Å². The van der Waals surface area contributed by atoms with Gasteiger partial charge in [0, 0.05) is 33.7 Å². The van der Waals surface area contributed by atoms with Crippen LogP contribution in [0.1, 0.15) is 18.4 Å². The molecule has 0 bridgehead atoms. The molecule has 2 rings (SSSR count). The second-order valence-electron chi connectivity index (χ2n) is 6.61. The maximum atomic E-state index is 12.3. The lowest BCUT2D eigenvalue weighted by Crippen LogP contribution is -2.44. The molecule has 1 fully saturated rings. The predicted octanol–water partition coefficient (Wildman–Crippen LogP) is 0.225. The SMILES string of the molecule is CN(C)S(=O)(=O)c1ccc(CNC(=O)[C@@H]2CCCN(S(C)(=O)=O)C2)cc1. The lowest BCUT2D eigenvalue weighted by atomic mass is 9.99. The second-order valence-corrected chi connectivity index (χ2v) is 10.7. The van der Waals surface area contributed by atoms with E-state index >= 15 is 0 Å². The van der Waals surface area contributed by atoms with Crippen LogP contribution in [0.2, 0.25) is 0 Å². The fourth-order valence-corrected chi connectivity index (χ4v) is 4.59. The van der Waals surface area contributed by atoms with E-state index in [0.717, 1.165) is 16.1 Å². The van der Waals surface area contributed by atoms with Crippen LogP contribution in [0.25, 0.3) is 0 Å². The molecular weight excluding hydrogens is 378 g/mol. The van der Waals surface area contributed by atoms with E-state index in [1.54, 1.807) is 12.1 Å². The zero-order valence-electron chi connectivity index (χ0n) is 15.2. The van der Waals surface area contributed by atoms with Crippen LogP contribution in [0.4, 0.5) is 0 Å². The highest BCUT2D eigenvalue weighted by Crippen LogP contribution is 2.19. The zero-order chi connectivity index (χ0) is 19.5. The quantitative estimate of drug-likeness (QED) is 0.732. The lowest BCUT2D eigenvalue weighted by Gasteiger charge is -2.30. The number of rotatable bonds is 6.